The predicted octanol–water partition coefficient (Wildman–Crippen LogP) is 6.40. The van der Waals surface area contributed by atoms with E-state index >= 15 is 0 Å². The maximum Gasteiger partial charge on any atom is 0.264 e. The summed E-state index contributed by atoms with van der Waals surface area (Å²) in [5.74, 6) is -1.63. The van der Waals surface area contributed by atoms with Crippen LogP contribution in [-0.4, -0.2) is 85.4 Å². The summed E-state index contributed by atoms with van der Waals surface area (Å²) in [5.41, 5.74) is 3.32. The fourth-order valence-electron chi connectivity index (χ4n) is 8.25. The lowest BCUT2D eigenvalue weighted by Crippen LogP contribution is -2.52. The summed E-state index contributed by atoms with van der Waals surface area (Å²) >= 11 is 1.46. The molecule has 3 aliphatic heterocycles. The normalized spacial score (nSPS) is 16.5. The minimum absolute atomic E-state index is 0.0240. The number of carbonyl (C=O) groups is 6. The van der Waals surface area contributed by atoms with Gasteiger partial charge in [-0.1, -0.05) is 43.5 Å². The first-order valence-electron chi connectivity index (χ1n) is 21.0. The number of fused-ring (bicyclic) bond motifs is 2. The summed E-state index contributed by atoms with van der Waals surface area (Å²) in [4.78, 5) is 81.2. The molecular formula is C46H50N4O11S2. The van der Waals surface area contributed by atoms with Crippen molar-refractivity contribution >= 4 is 62.3 Å². The predicted molar refractivity (Wildman–Crippen MR) is 235 cm³/mol. The van der Waals surface area contributed by atoms with Crippen LogP contribution in [0.4, 0.5) is 5.69 Å². The van der Waals surface area contributed by atoms with Crippen LogP contribution < -0.4 is 24.8 Å². The molecular weight excluding hydrogens is 849 g/mol. The molecule has 63 heavy (non-hydrogen) atoms. The third-order valence-electron chi connectivity index (χ3n) is 11.4. The van der Waals surface area contributed by atoms with Crippen molar-refractivity contribution in [3.63, 3.8) is 0 Å². The van der Waals surface area contributed by atoms with Gasteiger partial charge in [0.2, 0.25) is 17.7 Å². The number of ether oxygens (including phenoxy) is 3. The molecule has 4 aromatic rings. The van der Waals surface area contributed by atoms with Crippen LogP contribution in [0.15, 0.2) is 66.0 Å². The summed E-state index contributed by atoms with van der Waals surface area (Å²) in [6.07, 6.45) is 7.04. The molecule has 15 nitrogen and oxygen atoms in total. The number of methoxy groups -OCH3 is 1. The number of hydrogen-bond acceptors (Lipinski definition) is 12. The summed E-state index contributed by atoms with van der Waals surface area (Å²) in [5, 5.41) is 6.95. The van der Waals surface area contributed by atoms with E-state index in [1.54, 1.807) is 42.2 Å². The Hall–Kier alpha value is -6.07. The molecule has 332 valence electrons. The van der Waals surface area contributed by atoms with Gasteiger partial charge in [0.1, 0.15) is 28.2 Å². The summed E-state index contributed by atoms with van der Waals surface area (Å²) in [6, 6.07) is 15.5. The van der Waals surface area contributed by atoms with Crippen LogP contribution in [0, 0.1) is 0 Å². The number of rotatable bonds is 20. The van der Waals surface area contributed by atoms with Crippen molar-refractivity contribution < 1.29 is 51.4 Å². The van der Waals surface area contributed by atoms with Gasteiger partial charge in [0.25, 0.3) is 17.7 Å². The van der Waals surface area contributed by atoms with Crippen LogP contribution in [0.3, 0.4) is 0 Å². The third-order valence-corrected chi connectivity index (χ3v) is 13.3. The molecule has 0 spiro atoms. The zero-order chi connectivity index (χ0) is 44.8. The van der Waals surface area contributed by atoms with E-state index in [1.165, 1.54) is 30.1 Å². The van der Waals surface area contributed by atoms with E-state index in [0.717, 1.165) is 53.7 Å². The van der Waals surface area contributed by atoms with Gasteiger partial charge in [0.15, 0.2) is 11.5 Å². The Labute approximate surface area is 370 Å². The Morgan fingerprint density at radius 2 is 1.67 bits per heavy atom. The number of amides is 6. The minimum atomic E-state index is -3.68. The van der Waals surface area contributed by atoms with Crippen LogP contribution in [0.1, 0.15) is 117 Å². The second-order valence-electron chi connectivity index (χ2n) is 15.9. The molecule has 3 aromatic carbocycles. The topological polar surface area (TPSA) is 195 Å². The summed E-state index contributed by atoms with van der Waals surface area (Å²) in [6.45, 7) is 2.71. The standard InChI is InChI=1S/C46H50N4O11S2/c1-4-60-38-23-29(17-21-37(38)59-2)36(27-63(3,57)58)50-45(55)31-12-10-13-34(42(31)46(50)56)47-40(51)14-9-7-5-6-8-11-28-15-18-30(19-16-28)61-25-39-32-24-49(44(54)33(32)26-62-39)35-20-22-41(52)48-43(35)53/h10,12-13,15-19,21,23,26,35-36H,4-9,11,14,20,22,24-25,27H2,1-3H3,(H,47,51)(H,48,52,53). The summed E-state index contributed by atoms with van der Waals surface area (Å²) < 4.78 is 42.3. The van der Waals surface area contributed by atoms with Gasteiger partial charge in [-0.3, -0.25) is 39.0 Å². The van der Waals surface area contributed by atoms with Crippen LogP contribution in [-0.2, 0) is 43.8 Å². The third kappa shape index (κ3) is 10.3. The highest BCUT2D eigenvalue weighted by Gasteiger charge is 2.44. The number of nitrogens with one attached hydrogen (secondary N) is 2. The van der Waals surface area contributed by atoms with Gasteiger partial charge < -0.3 is 24.4 Å². The van der Waals surface area contributed by atoms with Gasteiger partial charge in [-0.15, -0.1) is 11.3 Å². The zero-order valence-corrected chi connectivity index (χ0v) is 37.0. The molecule has 2 N–H and O–H groups in total. The molecule has 6 amide bonds. The van der Waals surface area contributed by atoms with E-state index in [4.69, 9.17) is 14.2 Å². The van der Waals surface area contributed by atoms with E-state index in [-0.39, 0.29) is 47.4 Å². The van der Waals surface area contributed by atoms with E-state index < -0.39 is 45.4 Å². The van der Waals surface area contributed by atoms with Gasteiger partial charge in [0, 0.05) is 41.5 Å². The molecule has 0 bridgehead atoms. The van der Waals surface area contributed by atoms with Crippen molar-refractivity contribution in [2.24, 2.45) is 0 Å². The number of sulfone groups is 1. The van der Waals surface area contributed by atoms with Gasteiger partial charge in [-0.05, 0) is 80.1 Å². The van der Waals surface area contributed by atoms with Crippen molar-refractivity contribution in [2.75, 3.05) is 31.0 Å². The van der Waals surface area contributed by atoms with Crippen LogP contribution >= 0.6 is 11.3 Å². The Morgan fingerprint density at radius 1 is 0.905 bits per heavy atom. The number of thiophene rings is 1. The summed E-state index contributed by atoms with van der Waals surface area (Å²) in [7, 11) is -2.20. The number of aryl methyl sites for hydroxylation is 1. The number of carbonyl (C=O) groups excluding carboxylic acids is 6. The van der Waals surface area contributed by atoms with Gasteiger partial charge in [-0.25, -0.2) is 8.42 Å². The van der Waals surface area contributed by atoms with Crippen molar-refractivity contribution in [1.29, 1.82) is 0 Å². The Bertz CT molecular complexity index is 2540. The number of unbranched alkanes of at least 4 members (excludes halogenated alkanes) is 4. The first-order chi connectivity index (χ1) is 30.3. The number of nitrogens with zero attached hydrogens (tertiary/aromatic N) is 2. The highest BCUT2D eigenvalue weighted by atomic mass is 32.2. The molecule has 3 aliphatic rings. The van der Waals surface area contributed by atoms with E-state index in [0.29, 0.717) is 61.0 Å². The van der Waals surface area contributed by atoms with E-state index in [2.05, 4.69) is 10.6 Å². The Balaban J connectivity index is 0.845. The van der Waals surface area contributed by atoms with Gasteiger partial charge in [0.05, 0.1) is 47.9 Å². The van der Waals surface area contributed by atoms with Gasteiger partial charge in [-0.2, -0.15) is 0 Å². The van der Waals surface area contributed by atoms with Crippen LogP contribution in [0.5, 0.6) is 17.2 Å². The number of anilines is 1. The monoisotopic (exact) mass is 898 g/mol. The SMILES string of the molecule is CCOc1cc(C(CS(C)(=O)=O)N2C(=O)c3cccc(NC(=O)CCCCCCCc4ccc(OCc5scc6c5CN(C5CCC(=O)NC5=O)C6=O)cc4)c3C2=O)ccc1OC. The van der Waals surface area contributed by atoms with E-state index in [9.17, 15) is 37.2 Å². The smallest absolute Gasteiger partial charge is 0.264 e. The molecule has 0 aliphatic carbocycles. The minimum Gasteiger partial charge on any atom is -0.493 e. The highest BCUT2D eigenvalue weighted by molar-refractivity contribution is 7.90. The van der Waals surface area contributed by atoms with E-state index in [1.807, 2.05) is 29.6 Å². The number of imide groups is 2. The average Bonchev–Trinajstić information content (AvgIpc) is 3.89. The average molecular weight is 899 g/mol. The van der Waals surface area contributed by atoms with Crippen LogP contribution in [0.25, 0.3) is 0 Å². The Morgan fingerprint density at radius 3 is 2.40 bits per heavy atom. The molecule has 1 aromatic heterocycles. The second kappa shape index (κ2) is 19.5. The molecule has 7 rings (SSSR count). The number of hydrogen-bond donors (Lipinski definition) is 2. The quantitative estimate of drug-likeness (QED) is 0.0737. The first kappa shape index (κ1) is 45.0. The lowest BCUT2D eigenvalue weighted by Gasteiger charge is -2.29. The molecule has 1 saturated heterocycles. The second-order valence-corrected chi connectivity index (χ2v) is 19.0. The lowest BCUT2D eigenvalue weighted by molar-refractivity contribution is -0.137. The molecule has 4 heterocycles. The maximum atomic E-state index is 14.0. The fourth-order valence-corrected chi connectivity index (χ4v) is 10.1. The Kier molecular flexibility index (Phi) is 13.9. The highest BCUT2D eigenvalue weighted by Crippen LogP contribution is 2.39. The first-order valence-corrected chi connectivity index (χ1v) is 23.9. The molecule has 0 saturated carbocycles. The molecule has 2 unspecified atom stereocenters. The maximum absolute atomic E-state index is 14.0. The molecule has 17 heteroatoms. The fraction of sp³-hybridized carbons (Fsp3) is 0.391. The van der Waals surface area contributed by atoms with Crippen molar-refractivity contribution in [3.8, 4) is 17.2 Å². The largest absolute Gasteiger partial charge is 0.493 e. The van der Waals surface area contributed by atoms with Gasteiger partial charge >= 0.3 is 0 Å². The van der Waals surface area contributed by atoms with Crippen LogP contribution in [0.2, 0.25) is 0 Å². The lowest BCUT2D eigenvalue weighted by atomic mass is 10.0. The van der Waals surface area contributed by atoms with Crippen molar-refractivity contribution in [1.82, 2.24) is 15.1 Å². The van der Waals surface area contributed by atoms with Crippen molar-refractivity contribution in [3.05, 3.63) is 104 Å². The van der Waals surface area contributed by atoms with Crippen molar-refractivity contribution in [2.45, 2.75) is 89.9 Å². The zero-order valence-electron chi connectivity index (χ0n) is 35.4. The molecule has 1 fully saturated rings. The number of benzene rings is 3. The number of piperidine rings is 1. The molecule has 2 atom stereocenters. The molecule has 0 radical (unpaired) electrons.